The van der Waals surface area contributed by atoms with E-state index in [1.807, 2.05) is 0 Å². The summed E-state index contributed by atoms with van der Waals surface area (Å²) in [6, 6.07) is 3.45. The molecule has 6 N–H and O–H groups in total. The lowest BCUT2D eigenvalue weighted by atomic mass is 9.91. The Kier molecular flexibility index (Phi) is 6.26. The van der Waals surface area contributed by atoms with Crippen LogP contribution in [0, 0.1) is 0 Å². The van der Waals surface area contributed by atoms with Crippen molar-refractivity contribution in [2.75, 3.05) is 24.5 Å². The Morgan fingerprint density at radius 1 is 1.25 bits per heavy atom. The Morgan fingerprint density at radius 3 is 2.75 bits per heavy atom. The summed E-state index contributed by atoms with van der Waals surface area (Å²) in [6.45, 7) is 0.0216. The maximum absolute atomic E-state index is 13.4. The topological polar surface area (TPSA) is 127 Å². The number of nitrogens with one attached hydrogen (secondary N) is 3. The Morgan fingerprint density at radius 2 is 2.03 bits per heavy atom. The number of anilines is 3. The quantitative estimate of drug-likeness (QED) is 0.463. The molecular weight excluding hydrogens is 429 g/mol. The van der Waals surface area contributed by atoms with Crippen LogP contribution in [0.4, 0.5) is 30.6 Å². The summed E-state index contributed by atoms with van der Waals surface area (Å²) in [6.07, 6.45) is -1.97. The third-order valence-corrected chi connectivity index (χ3v) is 5.57. The molecule has 1 saturated carbocycles. The van der Waals surface area contributed by atoms with Crippen LogP contribution in [-0.2, 0) is 6.18 Å². The lowest BCUT2D eigenvalue weighted by Crippen LogP contribution is -2.43. The van der Waals surface area contributed by atoms with Gasteiger partial charge < -0.3 is 30.9 Å². The number of hydrogen-bond acceptors (Lipinski definition) is 9. The maximum Gasteiger partial charge on any atom is 0.420 e. The van der Waals surface area contributed by atoms with E-state index in [0.717, 1.165) is 31.7 Å². The summed E-state index contributed by atoms with van der Waals surface area (Å²) in [4.78, 5) is 8.75. The monoisotopic (exact) mass is 454 g/mol. The molecule has 0 bridgehead atoms. The first-order valence-electron chi connectivity index (χ1n) is 10.3. The van der Waals surface area contributed by atoms with Crippen molar-refractivity contribution in [2.45, 2.75) is 50.2 Å². The Hall–Kier alpha value is -2.83. The van der Waals surface area contributed by atoms with Crippen LogP contribution in [-0.4, -0.2) is 41.0 Å². The largest absolute Gasteiger partial charge is 0.496 e. The van der Waals surface area contributed by atoms with Gasteiger partial charge in [-0.05, 0) is 31.0 Å². The summed E-state index contributed by atoms with van der Waals surface area (Å²) in [5, 5.41) is 19.2. The molecule has 2 aliphatic rings. The van der Waals surface area contributed by atoms with Crippen molar-refractivity contribution in [3.8, 4) is 11.6 Å². The molecule has 1 aromatic carbocycles. The highest BCUT2D eigenvalue weighted by Gasteiger charge is 2.35. The molecule has 4 rings (SSSR count). The predicted octanol–water partition coefficient (Wildman–Crippen LogP) is 2.86. The second-order valence-electron chi connectivity index (χ2n) is 7.75. The van der Waals surface area contributed by atoms with Crippen molar-refractivity contribution < 1.29 is 27.8 Å². The number of nitrogens with two attached hydrogens (primary N) is 1. The SMILES string of the molecule is COc1ccc(Nc2nc(NC3CCCCC3N)nc3c2C(O)NCO3)cc1C(F)(F)F. The molecule has 174 valence electrons. The van der Waals surface area contributed by atoms with E-state index in [2.05, 4.69) is 25.9 Å². The third kappa shape index (κ3) is 4.66. The number of methoxy groups -OCH3 is 1. The fraction of sp³-hybridized carbons (Fsp3) is 0.500. The van der Waals surface area contributed by atoms with Gasteiger partial charge in [0.1, 0.15) is 30.1 Å². The first-order chi connectivity index (χ1) is 15.3. The van der Waals surface area contributed by atoms with Gasteiger partial charge in [0.05, 0.1) is 12.7 Å². The molecular formula is C20H25F3N6O3. The zero-order chi connectivity index (χ0) is 22.9. The molecule has 12 heteroatoms. The standard InChI is InChI=1S/C20H25F3N6O3/c1-31-14-7-6-10(8-11(14)20(21,22)23)26-16-15-17(30)25-9-32-18(15)29-19(28-16)27-13-5-3-2-4-12(13)24/h6-8,12-13,17,25,30H,2-5,9,24H2,1H3,(H2,26,27,28,29). The number of aromatic nitrogens is 2. The summed E-state index contributed by atoms with van der Waals surface area (Å²) < 4.78 is 50.6. The molecule has 0 amide bonds. The highest BCUT2D eigenvalue weighted by molar-refractivity contribution is 5.65. The van der Waals surface area contributed by atoms with Crippen molar-refractivity contribution in [1.29, 1.82) is 0 Å². The van der Waals surface area contributed by atoms with E-state index in [1.54, 1.807) is 0 Å². The first kappa shape index (κ1) is 22.4. The van der Waals surface area contributed by atoms with Gasteiger partial charge in [-0.1, -0.05) is 12.8 Å². The lowest BCUT2D eigenvalue weighted by Gasteiger charge is -2.30. The normalized spacial score (nSPS) is 23.1. The number of fused-ring (bicyclic) bond motifs is 1. The number of benzene rings is 1. The van der Waals surface area contributed by atoms with Crippen molar-refractivity contribution in [2.24, 2.45) is 5.73 Å². The van der Waals surface area contributed by atoms with Gasteiger partial charge in [-0.25, -0.2) is 0 Å². The zero-order valence-corrected chi connectivity index (χ0v) is 17.4. The number of alkyl halides is 3. The van der Waals surface area contributed by atoms with E-state index in [-0.39, 0.29) is 53.5 Å². The summed E-state index contributed by atoms with van der Waals surface area (Å²) in [5.74, 6) is 0.156. The predicted molar refractivity (Wildman–Crippen MR) is 111 cm³/mol. The van der Waals surface area contributed by atoms with Gasteiger partial charge in [0.25, 0.3) is 0 Å². The molecule has 2 heterocycles. The summed E-state index contributed by atoms with van der Waals surface area (Å²) in [7, 11) is 1.17. The number of ether oxygens (including phenoxy) is 2. The van der Waals surface area contributed by atoms with Gasteiger partial charge >= 0.3 is 6.18 Å². The van der Waals surface area contributed by atoms with E-state index in [9.17, 15) is 18.3 Å². The minimum absolute atomic E-state index is 0.0216. The molecule has 3 unspecified atom stereocenters. The van der Waals surface area contributed by atoms with Gasteiger partial charge in [0.2, 0.25) is 11.8 Å². The summed E-state index contributed by atoms with van der Waals surface area (Å²) >= 11 is 0. The maximum atomic E-state index is 13.4. The van der Waals surface area contributed by atoms with Crippen LogP contribution in [0.25, 0.3) is 0 Å². The average molecular weight is 454 g/mol. The average Bonchev–Trinajstić information content (AvgIpc) is 2.75. The van der Waals surface area contributed by atoms with Crippen molar-refractivity contribution in [1.82, 2.24) is 15.3 Å². The number of halogens is 3. The third-order valence-electron chi connectivity index (χ3n) is 5.57. The number of nitrogens with zero attached hydrogens (tertiary/aromatic N) is 2. The minimum Gasteiger partial charge on any atom is -0.496 e. The van der Waals surface area contributed by atoms with Crippen LogP contribution in [0.5, 0.6) is 11.6 Å². The van der Waals surface area contributed by atoms with Gasteiger partial charge in [0.15, 0.2) is 0 Å². The number of rotatable bonds is 5. The fourth-order valence-electron chi connectivity index (χ4n) is 3.90. The fourth-order valence-corrected chi connectivity index (χ4v) is 3.90. The Labute approximate surface area is 182 Å². The van der Waals surface area contributed by atoms with Gasteiger partial charge in [-0.2, -0.15) is 23.1 Å². The van der Waals surface area contributed by atoms with E-state index >= 15 is 0 Å². The lowest BCUT2D eigenvalue weighted by molar-refractivity contribution is -0.138. The van der Waals surface area contributed by atoms with Crippen LogP contribution >= 0.6 is 0 Å². The highest BCUT2D eigenvalue weighted by atomic mass is 19.4. The number of aliphatic hydroxyl groups excluding tert-OH is 1. The van der Waals surface area contributed by atoms with Crippen LogP contribution in [0.15, 0.2) is 18.2 Å². The van der Waals surface area contributed by atoms with Crippen molar-refractivity contribution in [3.05, 3.63) is 29.3 Å². The summed E-state index contributed by atoms with van der Waals surface area (Å²) in [5.41, 5.74) is 5.57. The molecule has 0 saturated heterocycles. The second-order valence-corrected chi connectivity index (χ2v) is 7.75. The molecule has 3 atom stereocenters. The number of aliphatic hydroxyl groups is 1. The zero-order valence-electron chi connectivity index (χ0n) is 17.4. The first-order valence-corrected chi connectivity index (χ1v) is 10.3. The van der Waals surface area contributed by atoms with Crippen molar-refractivity contribution >= 4 is 17.5 Å². The van der Waals surface area contributed by atoms with Crippen LogP contribution in [0.1, 0.15) is 43.0 Å². The van der Waals surface area contributed by atoms with E-state index in [4.69, 9.17) is 15.2 Å². The van der Waals surface area contributed by atoms with Crippen LogP contribution in [0.2, 0.25) is 0 Å². The van der Waals surface area contributed by atoms with Gasteiger partial charge in [0, 0.05) is 17.8 Å². The van der Waals surface area contributed by atoms with Crippen molar-refractivity contribution in [3.63, 3.8) is 0 Å². The number of hydrogen-bond donors (Lipinski definition) is 5. The Bertz CT molecular complexity index is 974. The molecule has 1 aliphatic carbocycles. The van der Waals surface area contributed by atoms with Crippen LogP contribution < -0.4 is 31.2 Å². The van der Waals surface area contributed by atoms with E-state index < -0.39 is 18.0 Å². The Balaban J connectivity index is 1.69. The van der Waals surface area contributed by atoms with Crippen LogP contribution in [0.3, 0.4) is 0 Å². The smallest absolute Gasteiger partial charge is 0.420 e. The molecule has 1 aromatic heterocycles. The second kappa shape index (κ2) is 8.96. The van der Waals surface area contributed by atoms with Gasteiger partial charge in [-0.3, -0.25) is 5.32 Å². The van der Waals surface area contributed by atoms with Gasteiger partial charge in [-0.15, -0.1) is 0 Å². The molecule has 2 aromatic rings. The molecule has 0 spiro atoms. The molecule has 32 heavy (non-hydrogen) atoms. The van der Waals surface area contributed by atoms with E-state index in [0.29, 0.717) is 0 Å². The minimum atomic E-state index is -4.61. The molecule has 0 radical (unpaired) electrons. The van der Waals surface area contributed by atoms with E-state index in [1.165, 1.54) is 19.2 Å². The molecule has 1 aliphatic heterocycles. The molecule has 1 fully saturated rings. The highest BCUT2D eigenvalue weighted by Crippen LogP contribution is 2.39. The molecule has 9 nitrogen and oxygen atoms in total.